The number of benzene rings is 1. The van der Waals surface area contributed by atoms with Gasteiger partial charge in [0, 0.05) is 51.1 Å². The quantitative estimate of drug-likeness (QED) is 0.399. The molecule has 3 N–H and O–H groups in total. The Kier molecular flexibility index (Phi) is 8.92. The van der Waals surface area contributed by atoms with E-state index < -0.39 is 5.82 Å². The molecule has 2 fully saturated rings. The molecule has 2 aliphatic rings. The van der Waals surface area contributed by atoms with Crippen LogP contribution in [-0.2, 0) is 9.47 Å². The second-order valence-electron chi connectivity index (χ2n) is 10.2. The highest BCUT2D eigenvalue weighted by Crippen LogP contribution is 2.33. The number of hydrogen-bond acceptors (Lipinski definition) is 6. The van der Waals surface area contributed by atoms with Crippen LogP contribution < -0.4 is 16.0 Å². The van der Waals surface area contributed by atoms with E-state index in [0.717, 1.165) is 64.9 Å². The van der Waals surface area contributed by atoms with E-state index >= 15 is 0 Å². The molecule has 4 rings (SSSR count). The lowest BCUT2D eigenvalue weighted by Crippen LogP contribution is -2.38. The summed E-state index contributed by atoms with van der Waals surface area (Å²) in [5.74, 6) is -0.116. The molecule has 35 heavy (non-hydrogen) atoms. The van der Waals surface area contributed by atoms with E-state index in [1.165, 1.54) is 12.3 Å². The van der Waals surface area contributed by atoms with Crippen LogP contribution in [0.5, 0.6) is 0 Å². The minimum Gasteiger partial charge on any atom is -0.383 e. The first-order chi connectivity index (χ1) is 17.0. The van der Waals surface area contributed by atoms with Crippen molar-refractivity contribution in [3.8, 4) is 11.1 Å². The second-order valence-corrected chi connectivity index (χ2v) is 10.2. The van der Waals surface area contributed by atoms with Gasteiger partial charge in [-0.1, -0.05) is 13.0 Å². The lowest BCUT2D eigenvalue weighted by Gasteiger charge is -2.34. The zero-order valence-corrected chi connectivity index (χ0v) is 20.8. The molecular formula is C27H38F2N4O2. The summed E-state index contributed by atoms with van der Waals surface area (Å²) in [6.07, 6.45) is 7.30. The normalized spacial score (nSPS) is 22.1. The maximum atomic E-state index is 14.8. The molecule has 0 amide bonds. The molecule has 2 aromatic rings. The topological polar surface area (TPSA) is 67.4 Å². The largest absolute Gasteiger partial charge is 0.383 e. The lowest BCUT2D eigenvalue weighted by molar-refractivity contribution is 0.0300. The summed E-state index contributed by atoms with van der Waals surface area (Å²) in [6.45, 7) is 5.87. The zero-order valence-electron chi connectivity index (χ0n) is 20.8. The van der Waals surface area contributed by atoms with Gasteiger partial charge in [0.05, 0.1) is 18.5 Å². The molecule has 8 heteroatoms. The summed E-state index contributed by atoms with van der Waals surface area (Å²) in [5.41, 5.74) is 1.48. The van der Waals surface area contributed by atoms with Crippen LogP contribution >= 0.6 is 0 Å². The first-order valence-corrected chi connectivity index (χ1v) is 12.7. The third-order valence-corrected chi connectivity index (χ3v) is 7.36. The van der Waals surface area contributed by atoms with Gasteiger partial charge in [0.2, 0.25) is 0 Å². The fourth-order valence-corrected chi connectivity index (χ4v) is 4.93. The molecule has 0 atom stereocenters. The van der Waals surface area contributed by atoms with Crippen molar-refractivity contribution in [2.45, 2.75) is 57.5 Å². The van der Waals surface area contributed by atoms with Gasteiger partial charge in [-0.25, -0.2) is 13.8 Å². The maximum Gasteiger partial charge on any atom is 0.149 e. The number of methoxy groups -OCH3 is 1. The highest BCUT2D eigenvalue weighted by Gasteiger charge is 2.27. The van der Waals surface area contributed by atoms with E-state index in [2.05, 4.69) is 27.9 Å². The van der Waals surface area contributed by atoms with Gasteiger partial charge in [-0.05, 0) is 67.7 Å². The molecule has 1 aliphatic carbocycles. The first-order valence-electron chi connectivity index (χ1n) is 12.7. The molecule has 0 radical (unpaired) electrons. The highest BCUT2D eigenvalue weighted by atomic mass is 19.1. The summed E-state index contributed by atoms with van der Waals surface area (Å²) in [7, 11) is 1.71. The number of anilines is 2. The third kappa shape index (κ3) is 7.12. The Labute approximate surface area is 207 Å². The average molecular weight is 489 g/mol. The average Bonchev–Trinajstić information content (AvgIpc) is 2.86. The molecule has 1 aromatic carbocycles. The summed E-state index contributed by atoms with van der Waals surface area (Å²) in [5, 5.41) is 10.3. The van der Waals surface area contributed by atoms with Gasteiger partial charge < -0.3 is 25.4 Å². The van der Waals surface area contributed by atoms with Crippen molar-refractivity contribution in [2.24, 2.45) is 5.41 Å². The molecule has 0 unspecified atom stereocenters. The molecule has 0 bridgehead atoms. The van der Waals surface area contributed by atoms with Crippen molar-refractivity contribution in [1.82, 2.24) is 10.3 Å². The van der Waals surface area contributed by atoms with Crippen LogP contribution in [-0.4, -0.2) is 57.1 Å². The van der Waals surface area contributed by atoms with Crippen molar-refractivity contribution in [3.05, 3.63) is 42.1 Å². The molecule has 1 aromatic heterocycles. The van der Waals surface area contributed by atoms with Gasteiger partial charge in [-0.3, -0.25) is 0 Å². The van der Waals surface area contributed by atoms with Crippen molar-refractivity contribution in [1.29, 1.82) is 0 Å². The summed E-state index contributed by atoms with van der Waals surface area (Å²) < 4.78 is 39.9. The van der Waals surface area contributed by atoms with Gasteiger partial charge in [-0.15, -0.1) is 0 Å². The van der Waals surface area contributed by atoms with Gasteiger partial charge >= 0.3 is 0 Å². The Morgan fingerprint density at radius 2 is 1.80 bits per heavy atom. The predicted octanol–water partition coefficient (Wildman–Crippen LogP) is 5.21. The SMILES string of the molecule is COCCN[C@H]1CC[C@H](Nc2cc(-c3ccc(F)c(NCC4(C)CCOCC4)c3)c(F)cn2)CC1. The summed E-state index contributed by atoms with van der Waals surface area (Å²) >= 11 is 0. The van der Waals surface area contributed by atoms with Crippen LogP contribution in [0.2, 0.25) is 0 Å². The Morgan fingerprint density at radius 1 is 1.06 bits per heavy atom. The monoisotopic (exact) mass is 488 g/mol. The van der Waals surface area contributed by atoms with Gasteiger partial charge in [-0.2, -0.15) is 0 Å². The third-order valence-electron chi connectivity index (χ3n) is 7.36. The van der Waals surface area contributed by atoms with Gasteiger partial charge in [0.25, 0.3) is 0 Å². The Balaban J connectivity index is 1.40. The molecule has 1 saturated carbocycles. The number of halogens is 2. The predicted molar refractivity (Wildman–Crippen MR) is 136 cm³/mol. The van der Waals surface area contributed by atoms with E-state index in [-0.39, 0.29) is 11.2 Å². The number of rotatable bonds is 10. The standard InChI is InChI=1S/C27H38F2N4O2/c1-27(9-12-35-13-10-27)18-32-25-15-19(3-8-23(25)28)22-16-26(31-17-24(22)29)33-21-6-4-20(5-7-21)30-11-14-34-2/h3,8,15-17,20-21,30,32H,4-7,9-14,18H2,1-2H3,(H,31,33)/t20-,21-. The number of hydrogen-bond donors (Lipinski definition) is 3. The van der Waals surface area contributed by atoms with E-state index in [4.69, 9.17) is 9.47 Å². The van der Waals surface area contributed by atoms with Crippen molar-refractivity contribution in [2.75, 3.05) is 50.7 Å². The lowest BCUT2D eigenvalue weighted by atomic mass is 9.82. The molecular weight excluding hydrogens is 450 g/mol. The van der Waals surface area contributed by atoms with E-state index in [1.54, 1.807) is 25.3 Å². The fraction of sp³-hybridized carbons (Fsp3) is 0.593. The van der Waals surface area contributed by atoms with Crippen molar-refractivity contribution in [3.63, 3.8) is 0 Å². The molecule has 192 valence electrons. The van der Waals surface area contributed by atoms with Crippen LogP contribution in [0.3, 0.4) is 0 Å². The maximum absolute atomic E-state index is 14.8. The molecule has 6 nitrogen and oxygen atoms in total. The summed E-state index contributed by atoms with van der Waals surface area (Å²) in [6, 6.07) is 7.25. The molecule has 0 spiro atoms. The minimum absolute atomic E-state index is 0.0536. The Morgan fingerprint density at radius 3 is 2.54 bits per heavy atom. The summed E-state index contributed by atoms with van der Waals surface area (Å²) in [4.78, 5) is 4.27. The second kappa shape index (κ2) is 12.1. The number of pyridine rings is 1. The zero-order chi connectivity index (χ0) is 24.7. The van der Waals surface area contributed by atoms with Crippen molar-refractivity contribution >= 4 is 11.5 Å². The van der Waals surface area contributed by atoms with Crippen LogP contribution in [0.1, 0.15) is 45.4 Å². The van der Waals surface area contributed by atoms with Gasteiger partial charge in [0.1, 0.15) is 17.5 Å². The number of nitrogens with zero attached hydrogens (tertiary/aromatic N) is 1. The molecule has 2 heterocycles. The highest BCUT2D eigenvalue weighted by molar-refractivity contribution is 5.71. The Bertz CT molecular complexity index is 960. The van der Waals surface area contributed by atoms with Crippen LogP contribution in [0.15, 0.2) is 30.5 Å². The Hall–Kier alpha value is -2.29. The van der Waals surface area contributed by atoms with Gasteiger partial charge in [0.15, 0.2) is 0 Å². The molecule has 1 aliphatic heterocycles. The van der Waals surface area contributed by atoms with E-state index in [1.807, 2.05) is 0 Å². The fourth-order valence-electron chi connectivity index (χ4n) is 4.93. The minimum atomic E-state index is -0.421. The van der Waals surface area contributed by atoms with E-state index in [9.17, 15) is 8.78 Å². The van der Waals surface area contributed by atoms with Crippen molar-refractivity contribution < 1.29 is 18.3 Å². The number of ether oxygens (including phenoxy) is 2. The smallest absolute Gasteiger partial charge is 0.149 e. The van der Waals surface area contributed by atoms with Crippen LogP contribution in [0, 0.1) is 17.0 Å². The molecule has 1 saturated heterocycles. The first kappa shape index (κ1) is 25.8. The number of nitrogens with one attached hydrogen (secondary N) is 3. The van der Waals surface area contributed by atoms with Crippen LogP contribution in [0.4, 0.5) is 20.3 Å². The van der Waals surface area contributed by atoms with Crippen LogP contribution in [0.25, 0.3) is 11.1 Å². The van der Waals surface area contributed by atoms with E-state index in [0.29, 0.717) is 41.3 Å². The number of aromatic nitrogens is 1.